The van der Waals surface area contributed by atoms with Crippen LogP contribution in [-0.2, 0) is 0 Å². The zero-order valence-electron chi connectivity index (χ0n) is 10.9. The minimum Gasteiger partial charge on any atom is -0.338 e. The van der Waals surface area contributed by atoms with Crippen LogP contribution in [0.1, 0.15) is 34.6 Å². The molecule has 18 heavy (non-hydrogen) atoms. The molecule has 1 aliphatic heterocycles. The van der Waals surface area contributed by atoms with Gasteiger partial charge in [0.05, 0.1) is 11.3 Å². The van der Waals surface area contributed by atoms with Gasteiger partial charge in [0.1, 0.15) is 0 Å². The van der Waals surface area contributed by atoms with Gasteiger partial charge >= 0.3 is 0 Å². The zero-order valence-corrected chi connectivity index (χ0v) is 11.7. The third kappa shape index (κ3) is 2.83. The molecule has 2 heterocycles. The Bertz CT molecular complexity index is 447. The highest BCUT2D eigenvalue weighted by Crippen LogP contribution is 2.20. The van der Waals surface area contributed by atoms with E-state index in [1.807, 2.05) is 30.9 Å². The zero-order chi connectivity index (χ0) is 13.1. The minimum absolute atomic E-state index is 0.0924. The van der Waals surface area contributed by atoms with Gasteiger partial charge in [-0.2, -0.15) is 0 Å². The molecular formula is C14H19ClN2O. The molecule has 1 saturated heterocycles. The summed E-state index contributed by atoms with van der Waals surface area (Å²) in [4.78, 5) is 18.7. The molecule has 0 spiro atoms. The molecule has 0 N–H and O–H groups in total. The summed E-state index contributed by atoms with van der Waals surface area (Å²) < 4.78 is 0. The Morgan fingerprint density at radius 1 is 1.50 bits per heavy atom. The van der Waals surface area contributed by atoms with Gasteiger partial charge in [0, 0.05) is 24.7 Å². The molecule has 2 rings (SSSR count). The van der Waals surface area contributed by atoms with E-state index in [-0.39, 0.29) is 5.91 Å². The van der Waals surface area contributed by atoms with Crippen LogP contribution in [0.2, 0.25) is 0 Å². The number of rotatable bonds is 2. The van der Waals surface area contributed by atoms with E-state index < -0.39 is 0 Å². The fraction of sp³-hybridized carbons (Fsp3) is 0.571. The summed E-state index contributed by atoms with van der Waals surface area (Å²) in [7, 11) is 0. The summed E-state index contributed by atoms with van der Waals surface area (Å²) >= 11 is 5.90. The molecule has 0 bridgehead atoms. The van der Waals surface area contributed by atoms with Crippen LogP contribution in [0.5, 0.6) is 0 Å². The van der Waals surface area contributed by atoms with Gasteiger partial charge < -0.3 is 4.90 Å². The van der Waals surface area contributed by atoms with Gasteiger partial charge in [0.15, 0.2) is 0 Å². The van der Waals surface area contributed by atoms with E-state index in [1.165, 1.54) is 0 Å². The molecule has 1 aliphatic rings. The summed E-state index contributed by atoms with van der Waals surface area (Å²) in [6.45, 7) is 5.43. The number of hydrogen-bond acceptors (Lipinski definition) is 2. The molecular weight excluding hydrogens is 248 g/mol. The SMILES string of the molecule is Cc1ccc(C(=O)N2CCCC(CCl)C2)c(C)n1. The Hall–Kier alpha value is -1.09. The Kier molecular flexibility index (Phi) is 4.23. The van der Waals surface area contributed by atoms with E-state index >= 15 is 0 Å². The van der Waals surface area contributed by atoms with E-state index in [4.69, 9.17) is 11.6 Å². The summed E-state index contributed by atoms with van der Waals surface area (Å²) in [6.07, 6.45) is 2.17. The van der Waals surface area contributed by atoms with E-state index in [0.29, 0.717) is 11.8 Å². The number of likely N-dealkylation sites (tertiary alicyclic amines) is 1. The lowest BCUT2D eigenvalue weighted by molar-refractivity contribution is 0.0683. The summed E-state index contributed by atoms with van der Waals surface area (Å²) in [5, 5.41) is 0. The first-order valence-corrected chi connectivity index (χ1v) is 6.94. The van der Waals surface area contributed by atoms with Crippen molar-refractivity contribution in [1.29, 1.82) is 0 Å². The van der Waals surface area contributed by atoms with Crippen LogP contribution in [0.15, 0.2) is 12.1 Å². The number of halogens is 1. The predicted molar refractivity (Wildman–Crippen MR) is 73.1 cm³/mol. The van der Waals surface area contributed by atoms with Crippen molar-refractivity contribution in [2.45, 2.75) is 26.7 Å². The van der Waals surface area contributed by atoms with Gasteiger partial charge in [-0.3, -0.25) is 9.78 Å². The highest BCUT2D eigenvalue weighted by Gasteiger charge is 2.24. The van der Waals surface area contributed by atoms with Gasteiger partial charge in [0.2, 0.25) is 0 Å². The molecule has 1 aromatic heterocycles. The number of aryl methyl sites for hydroxylation is 2. The van der Waals surface area contributed by atoms with Crippen molar-refractivity contribution in [2.24, 2.45) is 5.92 Å². The van der Waals surface area contributed by atoms with Gasteiger partial charge in [-0.1, -0.05) is 0 Å². The van der Waals surface area contributed by atoms with Gasteiger partial charge in [-0.15, -0.1) is 11.6 Å². The second kappa shape index (κ2) is 5.70. The van der Waals surface area contributed by atoms with E-state index in [2.05, 4.69) is 4.98 Å². The molecule has 4 heteroatoms. The fourth-order valence-electron chi connectivity index (χ4n) is 2.46. The van der Waals surface area contributed by atoms with E-state index in [1.54, 1.807) is 0 Å². The molecule has 0 saturated carbocycles. The number of amides is 1. The number of aromatic nitrogens is 1. The lowest BCUT2D eigenvalue weighted by Crippen LogP contribution is -2.40. The van der Waals surface area contributed by atoms with Crippen molar-refractivity contribution >= 4 is 17.5 Å². The number of hydrogen-bond donors (Lipinski definition) is 0. The smallest absolute Gasteiger partial charge is 0.255 e. The maximum atomic E-state index is 12.4. The van der Waals surface area contributed by atoms with Crippen molar-refractivity contribution in [3.63, 3.8) is 0 Å². The molecule has 3 nitrogen and oxygen atoms in total. The number of alkyl halides is 1. The third-order valence-electron chi connectivity index (χ3n) is 3.48. The highest BCUT2D eigenvalue weighted by molar-refractivity contribution is 6.18. The summed E-state index contributed by atoms with van der Waals surface area (Å²) in [5.41, 5.74) is 2.48. The maximum Gasteiger partial charge on any atom is 0.255 e. The summed E-state index contributed by atoms with van der Waals surface area (Å²) in [6, 6.07) is 3.77. The second-order valence-corrected chi connectivity index (χ2v) is 5.31. The Labute approximate surface area is 113 Å². The average Bonchev–Trinajstić information content (AvgIpc) is 2.38. The lowest BCUT2D eigenvalue weighted by atomic mass is 9.99. The van der Waals surface area contributed by atoms with Gasteiger partial charge in [-0.25, -0.2) is 0 Å². The first kappa shape index (κ1) is 13.3. The van der Waals surface area contributed by atoms with Crippen LogP contribution in [0.25, 0.3) is 0 Å². The fourth-order valence-corrected chi connectivity index (χ4v) is 2.71. The molecule has 1 amide bonds. The van der Waals surface area contributed by atoms with E-state index in [9.17, 15) is 4.79 Å². The third-order valence-corrected chi connectivity index (χ3v) is 3.92. The quantitative estimate of drug-likeness (QED) is 0.772. The molecule has 0 radical (unpaired) electrons. The van der Waals surface area contributed by atoms with Crippen LogP contribution in [0.3, 0.4) is 0 Å². The van der Waals surface area contributed by atoms with Crippen molar-refractivity contribution in [1.82, 2.24) is 9.88 Å². The Balaban J connectivity index is 2.15. The van der Waals surface area contributed by atoms with E-state index in [0.717, 1.165) is 42.9 Å². The number of nitrogens with zero attached hydrogens (tertiary/aromatic N) is 2. The largest absolute Gasteiger partial charge is 0.338 e. The Morgan fingerprint density at radius 2 is 2.28 bits per heavy atom. The monoisotopic (exact) mass is 266 g/mol. The number of carbonyl (C=O) groups excluding carboxylic acids is 1. The van der Waals surface area contributed by atoms with Crippen LogP contribution >= 0.6 is 11.6 Å². The topological polar surface area (TPSA) is 33.2 Å². The van der Waals surface area contributed by atoms with Gasteiger partial charge in [-0.05, 0) is 44.7 Å². The predicted octanol–water partition coefficient (Wildman–Crippen LogP) is 2.79. The van der Waals surface area contributed by atoms with Gasteiger partial charge in [0.25, 0.3) is 5.91 Å². The molecule has 1 aromatic rings. The van der Waals surface area contributed by atoms with Crippen molar-refractivity contribution < 1.29 is 4.79 Å². The standard InChI is InChI=1S/C14H19ClN2O/c1-10-5-6-13(11(2)16-10)14(18)17-7-3-4-12(8-15)9-17/h5-6,12H,3-4,7-9H2,1-2H3. The van der Waals surface area contributed by atoms with Crippen LogP contribution in [-0.4, -0.2) is 34.8 Å². The normalized spacial score (nSPS) is 19.9. The molecule has 1 atom stereocenters. The number of piperidine rings is 1. The van der Waals surface area contributed by atoms with Crippen LogP contribution in [0.4, 0.5) is 0 Å². The molecule has 1 unspecified atom stereocenters. The molecule has 0 aliphatic carbocycles. The Morgan fingerprint density at radius 3 is 2.94 bits per heavy atom. The number of carbonyl (C=O) groups is 1. The van der Waals surface area contributed by atoms with Crippen LogP contribution in [0, 0.1) is 19.8 Å². The first-order valence-electron chi connectivity index (χ1n) is 6.41. The first-order chi connectivity index (χ1) is 8.61. The summed E-state index contributed by atoms with van der Waals surface area (Å²) in [5.74, 6) is 1.16. The molecule has 1 fully saturated rings. The van der Waals surface area contributed by atoms with Crippen molar-refractivity contribution in [3.05, 3.63) is 29.1 Å². The second-order valence-electron chi connectivity index (χ2n) is 5.00. The van der Waals surface area contributed by atoms with Crippen LogP contribution < -0.4 is 0 Å². The average molecular weight is 267 g/mol. The van der Waals surface area contributed by atoms with Crippen molar-refractivity contribution in [3.8, 4) is 0 Å². The van der Waals surface area contributed by atoms with Crippen molar-refractivity contribution in [2.75, 3.05) is 19.0 Å². The lowest BCUT2D eigenvalue weighted by Gasteiger charge is -2.32. The maximum absolute atomic E-state index is 12.4. The molecule has 0 aromatic carbocycles. The molecule has 98 valence electrons. The number of pyridine rings is 1. The highest BCUT2D eigenvalue weighted by atomic mass is 35.5. The minimum atomic E-state index is 0.0924.